The molecule has 2 aliphatic carbocycles. The number of ether oxygens (including phenoxy) is 1. The number of aliphatic hydroxyl groups is 4. The first-order valence-electron chi connectivity index (χ1n) is 7.34. The van der Waals surface area contributed by atoms with Crippen molar-refractivity contribution in [1.29, 1.82) is 0 Å². The summed E-state index contributed by atoms with van der Waals surface area (Å²) in [6.07, 6.45) is 2.40. The van der Waals surface area contributed by atoms with Gasteiger partial charge in [0.25, 0.3) is 0 Å². The molecule has 3 aliphatic rings. The number of aliphatic hydroxyl groups excluding tert-OH is 4. The van der Waals surface area contributed by atoms with Gasteiger partial charge in [0.15, 0.2) is 0 Å². The summed E-state index contributed by atoms with van der Waals surface area (Å²) in [6, 6.07) is 0. The average Bonchev–Trinajstić information content (AvgIpc) is 2.40. The molecule has 0 bridgehead atoms. The van der Waals surface area contributed by atoms with Gasteiger partial charge in [-0.05, 0) is 30.4 Å². The van der Waals surface area contributed by atoms with Gasteiger partial charge >= 0.3 is 0 Å². The molecular weight excluding hydrogens is 260 g/mol. The van der Waals surface area contributed by atoms with E-state index in [2.05, 4.69) is 0 Å². The van der Waals surface area contributed by atoms with E-state index in [4.69, 9.17) is 4.74 Å². The van der Waals surface area contributed by atoms with Gasteiger partial charge in [-0.1, -0.05) is 6.08 Å². The Labute approximate surface area is 118 Å². The standard InChI is InChI=1S/C15H22O5/c16-9-3-1-8(2-4-9)15-13(19)7-11-12(18)5-10(17)6-14(11)20-15/h1,9-10,12-13,15-19H,2-7H2/t9-,10-,12+,13+,15+/m1/s1. The fourth-order valence-electron chi connectivity index (χ4n) is 3.37. The van der Waals surface area contributed by atoms with E-state index >= 15 is 0 Å². The maximum absolute atomic E-state index is 10.3. The van der Waals surface area contributed by atoms with E-state index in [-0.39, 0.29) is 6.10 Å². The summed E-state index contributed by atoms with van der Waals surface area (Å²) in [5.74, 6) is 0.638. The van der Waals surface area contributed by atoms with E-state index in [1.807, 2.05) is 6.08 Å². The van der Waals surface area contributed by atoms with Crippen molar-refractivity contribution in [2.75, 3.05) is 0 Å². The lowest BCUT2D eigenvalue weighted by molar-refractivity contribution is -0.0358. The molecule has 5 atom stereocenters. The zero-order valence-corrected chi connectivity index (χ0v) is 11.4. The number of hydrogen-bond acceptors (Lipinski definition) is 5. The smallest absolute Gasteiger partial charge is 0.145 e. The van der Waals surface area contributed by atoms with Crippen LogP contribution in [0.2, 0.25) is 0 Å². The number of rotatable bonds is 1. The fourth-order valence-corrected chi connectivity index (χ4v) is 3.37. The van der Waals surface area contributed by atoms with Gasteiger partial charge in [0.2, 0.25) is 0 Å². The van der Waals surface area contributed by atoms with Gasteiger partial charge < -0.3 is 25.2 Å². The molecule has 0 aromatic heterocycles. The number of hydrogen-bond donors (Lipinski definition) is 4. The Bertz CT molecular complexity index is 442. The van der Waals surface area contributed by atoms with E-state index in [1.165, 1.54) is 0 Å². The summed E-state index contributed by atoms with van der Waals surface area (Å²) in [6.45, 7) is 0. The van der Waals surface area contributed by atoms with Crippen LogP contribution in [0.5, 0.6) is 0 Å². The molecule has 20 heavy (non-hydrogen) atoms. The van der Waals surface area contributed by atoms with Crippen LogP contribution in [0.15, 0.2) is 23.0 Å². The Balaban J connectivity index is 1.79. The Morgan fingerprint density at radius 3 is 2.55 bits per heavy atom. The lowest BCUT2D eigenvalue weighted by Crippen LogP contribution is -2.41. The lowest BCUT2D eigenvalue weighted by Gasteiger charge is -2.39. The van der Waals surface area contributed by atoms with E-state index in [0.717, 1.165) is 17.6 Å². The summed E-state index contributed by atoms with van der Waals surface area (Å²) in [7, 11) is 0. The van der Waals surface area contributed by atoms with Gasteiger partial charge in [-0.2, -0.15) is 0 Å². The van der Waals surface area contributed by atoms with Gasteiger partial charge in [0.05, 0.1) is 24.4 Å². The Kier molecular flexibility index (Phi) is 3.86. The van der Waals surface area contributed by atoms with Crippen LogP contribution in [-0.4, -0.2) is 50.9 Å². The average molecular weight is 282 g/mol. The van der Waals surface area contributed by atoms with Gasteiger partial charge in [0, 0.05) is 19.3 Å². The molecule has 112 valence electrons. The Morgan fingerprint density at radius 2 is 1.85 bits per heavy atom. The molecule has 0 fully saturated rings. The highest BCUT2D eigenvalue weighted by atomic mass is 16.5. The van der Waals surface area contributed by atoms with Crippen LogP contribution in [0.1, 0.15) is 38.5 Å². The predicted octanol–water partition coefficient (Wildman–Crippen LogP) is 0.377. The van der Waals surface area contributed by atoms with Crippen molar-refractivity contribution >= 4 is 0 Å². The molecule has 5 nitrogen and oxygen atoms in total. The largest absolute Gasteiger partial charge is 0.488 e. The van der Waals surface area contributed by atoms with Crippen molar-refractivity contribution < 1.29 is 25.2 Å². The second-order valence-electron chi connectivity index (χ2n) is 6.08. The molecule has 1 heterocycles. The molecule has 0 saturated carbocycles. The zero-order chi connectivity index (χ0) is 14.3. The maximum atomic E-state index is 10.3. The Morgan fingerprint density at radius 1 is 1.05 bits per heavy atom. The van der Waals surface area contributed by atoms with Gasteiger partial charge in [0.1, 0.15) is 11.9 Å². The third-order valence-electron chi connectivity index (χ3n) is 4.51. The van der Waals surface area contributed by atoms with Crippen LogP contribution < -0.4 is 0 Å². The van der Waals surface area contributed by atoms with Crippen LogP contribution in [0.25, 0.3) is 0 Å². The highest BCUT2D eigenvalue weighted by Crippen LogP contribution is 2.38. The fraction of sp³-hybridized carbons (Fsp3) is 0.733. The van der Waals surface area contributed by atoms with Crippen molar-refractivity contribution in [2.45, 2.75) is 69.0 Å². The first kappa shape index (κ1) is 14.1. The zero-order valence-electron chi connectivity index (χ0n) is 11.4. The normalized spacial score (nSPS) is 41.8. The molecule has 0 saturated heterocycles. The minimum Gasteiger partial charge on any atom is -0.488 e. The van der Waals surface area contributed by atoms with Crippen molar-refractivity contribution in [1.82, 2.24) is 0 Å². The van der Waals surface area contributed by atoms with E-state index in [1.54, 1.807) is 0 Å². The summed E-state index contributed by atoms with van der Waals surface area (Å²) in [5.41, 5.74) is 1.75. The summed E-state index contributed by atoms with van der Waals surface area (Å²) >= 11 is 0. The van der Waals surface area contributed by atoms with Crippen LogP contribution in [0.3, 0.4) is 0 Å². The molecule has 3 rings (SSSR count). The molecule has 4 N–H and O–H groups in total. The highest BCUT2D eigenvalue weighted by molar-refractivity contribution is 5.26. The summed E-state index contributed by atoms with van der Waals surface area (Å²) in [4.78, 5) is 0. The highest BCUT2D eigenvalue weighted by Gasteiger charge is 2.39. The Hall–Kier alpha value is -0.880. The SMILES string of the molecule is O[C@@H]1CC=C([C@@H]2OC3=C(C[C@@H]2O)[C@@H](O)C[C@@H](O)C3)CC1. The predicted molar refractivity (Wildman–Crippen MR) is 71.7 cm³/mol. The van der Waals surface area contributed by atoms with Crippen molar-refractivity contribution in [2.24, 2.45) is 0 Å². The quantitative estimate of drug-likeness (QED) is 0.522. The first-order chi connectivity index (χ1) is 9.54. The summed E-state index contributed by atoms with van der Waals surface area (Å²) < 4.78 is 5.88. The van der Waals surface area contributed by atoms with Crippen molar-refractivity contribution in [3.05, 3.63) is 23.0 Å². The van der Waals surface area contributed by atoms with E-state index < -0.39 is 24.4 Å². The molecule has 0 spiro atoms. The topological polar surface area (TPSA) is 90.2 Å². The third-order valence-corrected chi connectivity index (χ3v) is 4.51. The van der Waals surface area contributed by atoms with Crippen molar-refractivity contribution in [3.8, 4) is 0 Å². The van der Waals surface area contributed by atoms with E-state index in [9.17, 15) is 20.4 Å². The monoisotopic (exact) mass is 282 g/mol. The molecule has 0 amide bonds. The molecule has 0 aromatic rings. The maximum Gasteiger partial charge on any atom is 0.145 e. The van der Waals surface area contributed by atoms with Gasteiger partial charge in [-0.15, -0.1) is 0 Å². The minimum atomic E-state index is -0.716. The molecule has 5 heteroatoms. The van der Waals surface area contributed by atoms with Crippen molar-refractivity contribution in [3.63, 3.8) is 0 Å². The molecule has 0 unspecified atom stereocenters. The summed E-state index contributed by atoms with van der Waals surface area (Å²) in [5, 5.41) is 39.5. The second-order valence-corrected chi connectivity index (χ2v) is 6.08. The van der Waals surface area contributed by atoms with Crippen LogP contribution in [0, 0.1) is 0 Å². The van der Waals surface area contributed by atoms with Crippen LogP contribution in [0.4, 0.5) is 0 Å². The van der Waals surface area contributed by atoms with E-state index in [0.29, 0.717) is 37.9 Å². The van der Waals surface area contributed by atoms with Gasteiger partial charge in [-0.25, -0.2) is 0 Å². The lowest BCUT2D eigenvalue weighted by atomic mass is 9.83. The first-order valence-corrected chi connectivity index (χ1v) is 7.34. The molecule has 0 aromatic carbocycles. The van der Waals surface area contributed by atoms with Crippen LogP contribution in [-0.2, 0) is 4.74 Å². The van der Waals surface area contributed by atoms with Crippen LogP contribution >= 0.6 is 0 Å². The molecule has 0 radical (unpaired) electrons. The van der Waals surface area contributed by atoms with Gasteiger partial charge in [-0.3, -0.25) is 0 Å². The minimum absolute atomic E-state index is 0.299. The molecule has 1 aliphatic heterocycles. The second kappa shape index (κ2) is 5.48. The molecular formula is C15H22O5. The third kappa shape index (κ3) is 2.63.